The minimum atomic E-state index is -3.47. The Kier molecular flexibility index (Phi) is 3.70. The smallest absolute Gasteiger partial charge is 0.271 e. The predicted octanol–water partition coefficient (Wildman–Crippen LogP) is 2.57. The van der Waals surface area contributed by atoms with Gasteiger partial charge in [0.1, 0.15) is 4.21 Å². The second-order valence-electron chi connectivity index (χ2n) is 3.95. The summed E-state index contributed by atoms with van der Waals surface area (Å²) in [4.78, 5) is 0. The van der Waals surface area contributed by atoms with Gasteiger partial charge in [-0.25, -0.2) is 8.42 Å². The Bertz CT molecular complexity index is 602. The molecule has 6 heteroatoms. The SMILES string of the molecule is CC(N)c1ccc(NS(=O)(=O)c2cccs2)cc1. The number of nitrogens with one attached hydrogen (secondary N) is 1. The van der Waals surface area contributed by atoms with E-state index in [1.807, 2.05) is 19.1 Å². The quantitative estimate of drug-likeness (QED) is 0.905. The van der Waals surface area contributed by atoms with E-state index in [4.69, 9.17) is 5.73 Å². The Morgan fingerprint density at radius 3 is 2.39 bits per heavy atom. The van der Waals surface area contributed by atoms with Gasteiger partial charge >= 0.3 is 0 Å². The molecule has 2 rings (SSSR count). The van der Waals surface area contributed by atoms with Crippen molar-refractivity contribution in [3.05, 3.63) is 47.3 Å². The summed E-state index contributed by atoms with van der Waals surface area (Å²) in [7, 11) is -3.47. The fourth-order valence-electron chi connectivity index (χ4n) is 1.48. The van der Waals surface area contributed by atoms with Crippen molar-refractivity contribution < 1.29 is 8.42 Å². The van der Waals surface area contributed by atoms with Crippen molar-refractivity contribution in [3.8, 4) is 0 Å². The van der Waals surface area contributed by atoms with Crippen molar-refractivity contribution in [2.45, 2.75) is 17.2 Å². The van der Waals surface area contributed by atoms with E-state index in [0.717, 1.165) is 5.56 Å². The molecular formula is C12H14N2O2S2. The lowest BCUT2D eigenvalue weighted by molar-refractivity contribution is 0.603. The standard InChI is InChI=1S/C12H14N2O2S2/c1-9(13)10-4-6-11(7-5-10)14-18(15,16)12-3-2-8-17-12/h2-9,14H,13H2,1H3. The van der Waals surface area contributed by atoms with E-state index < -0.39 is 10.0 Å². The molecule has 0 amide bonds. The van der Waals surface area contributed by atoms with Crippen LogP contribution in [0.15, 0.2) is 46.0 Å². The van der Waals surface area contributed by atoms with Crippen molar-refractivity contribution in [2.75, 3.05) is 4.72 Å². The van der Waals surface area contributed by atoms with E-state index in [-0.39, 0.29) is 6.04 Å². The predicted molar refractivity (Wildman–Crippen MR) is 74.2 cm³/mol. The van der Waals surface area contributed by atoms with Crippen LogP contribution >= 0.6 is 11.3 Å². The first kappa shape index (κ1) is 13.1. The monoisotopic (exact) mass is 282 g/mol. The molecule has 3 N–H and O–H groups in total. The van der Waals surface area contributed by atoms with Crippen LogP contribution in [-0.2, 0) is 10.0 Å². The Hall–Kier alpha value is -1.37. The summed E-state index contributed by atoms with van der Waals surface area (Å²) in [5, 5.41) is 1.73. The zero-order valence-electron chi connectivity index (χ0n) is 9.83. The Morgan fingerprint density at radius 1 is 1.22 bits per heavy atom. The topological polar surface area (TPSA) is 72.2 Å². The van der Waals surface area contributed by atoms with Gasteiger partial charge in [0.25, 0.3) is 10.0 Å². The number of thiophene rings is 1. The highest BCUT2D eigenvalue weighted by Crippen LogP contribution is 2.21. The van der Waals surface area contributed by atoms with Gasteiger partial charge in [0, 0.05) is 11.7 Å². The van der Waals surface area contributed by atoms with Crippen molar-refractivity contribution >= 4 is 27.0 Å². The van der Waals surface area contributed by atoms with Crippen molar-refractivity contribution in [1.82, 2.24) is 0 Å². The number of anilines is 1. The van der Waals surface area contributed by atoms with Crippen LogP contribution in [-0.4, -0.2) is 8.42 Å². The molecule has 96 valence electrons. The van der Waals surface area contributed by atoms with E-state index in [1.54, 1.807) is 29.6 Å². The van der Waals surface area contributed by atoms with E-state index in [9.17, 15) is 8.42 Å². The number of benzene rings is 1. The Morgan fingerprint density at radius 2 is 1.89 bits per heavy atom. The van der Waals surface area contributed by atoms with Crippen LogP contribution in [0.25, 0.3) is 0 Å². The highest BCUT2D eigenvalue weighted by molar-refractivity contribution is 7.94. The number of hydrogen-bond acceptors (Lipinski definition) is 4. The van der Waals surface area contributed by atoms with Gasteiger partial charge < -0.3 is 5.73 Å². The molecule has 0 saturated heterocycles. The molecule has 18 heavy (non-hydrogen) atoms. The third-order valence-corrected chi connectivity index (χ3v) is 5.23. The molecule has 0 radical (unpaired) electrons. The average Bonchev–Trinajstić information content (AvgIpc) is 2.83. The summed E-state index contributed by atoms with van der Waals surface area (Å²) in [5.41, 5.74) is 7.23. The molecule has 1 aromatic heterocycles. The molecule has 0 aliphatic heterocycles. The molecule has 0 saturated carbocycles. The summed E-state index contributed by atoms with van der Waals surface area (Å²) in [6, 6.07) is 10.3. The number of rotatable bonds is 4. The first-order chi connectivity index (χ1) is 8.49. The van der Waals surface area contributed by atoms with Gasteiger partial charge in [-0.05, 0) is 36.1 Å². The molecule has 1 aromatic carbocycles. The van der Waals surface area contributed by atoms with Crippen molar-refractivity contribution in [3.63, 3.8) is 0 Å². The lowest BCUT2D eigenvalue weighted by Gasteiger charge is -2.09. The van der Waals surface area contributed by atoms with E-state index in [0.29, 0.717) is 9.90 Å². The van der Waals surface area contributed by atoms with Crippen molar-refractivity contribution in [2.24, 2.45) is 5.73 Å². The highest BCUT2D eigenvalue weighted by Gasteiger charge is 2.14. The van der Waals surface area contributed by atoms with Crippen LogP contribution in [0.3, 0.4) is 0 Å². The van der Waals surface area contributed by atoms with Gasteiger partial charge in [-0.3, -0.25) is 4.72 Å². The minimum Gasteiger partial charge on any atom is -0.324 e. The van der Waals surface area contributed by atoms with Gasteiger partial charge in [-0.15, -0.1) is 11.3 Å². The van der Waals surface area contributed by atoms with Gasteiger partial charge in [0.15, 0.2) is 0 Å². The molecule has 0 bridgehead atoms. The maximum atomic E-state index is 12.0. The average molecular weight is 282 g/mol. The zero-order chi connectivity index (χ0) is 13.2. The zero-order valence-corrected chi connectivity index (χ0v) is 11.5. The first-order valence-electron chi connectivity index (χ1n) is 5.41. The summed E-state index contributed by atoms with van der Waals surface area (Å²) in [6.45, 7) is 1.88. The Balaban J connectivity index is 2.20. The summed E-state index contributed by atoms with van der Waals surface area (Å²) < 4.78 is 26.7. The molecule has 1 atom stereocenters. The van der Waals surface area contributed by atoms with Crippen LogP contribution in [0, 0.1) is 0 Å². The fourth-order valence-corrected chi connectivity index (χ4v) is 3.53. The van der Waals surface area contributed by atoms with Gasteiger partial charge in [-0.1, -0.05) is 18.2 Å². The number of nitrogens with two attached hydrogens (primary N) is 1. The molecule has 0 aliphatic rings. The van der Waals surface area contributed by atoms with Gasteiger partial charge in [-0.2, -0.15) is 0 Å². The number of hydrogen-bond donors (Lipinski definition) is 2. The molecule has 1 heterocycles. The van der Waals surface area contributed by atoms with E-state index in [1.165, 1.54) is 11.3 Å². The van der Waals surface area contributed by atoms with Crippen LogP contribution in [0.4, 0.5) is 5.69 Å². The number of sulfonamides is 1. The molecule has 0 aliphatic carbocycles. The molecule has 2 aromatic rings. The third kappa shape index (κ3) is 2.90. The lowest BCUT2D eigenvalue weighted by Crippen LogP contribution is -2.11. The van der Waals surface area contributed by atoms with Crippen LogP contribution in [0.2, 0.25) is 0 Å². The summed E-state index contributed by atoms with van der Waals surface area (Å²) >= 11 is 1.19. The fraction of sp³-hybridized carbons (Fsp3) is 0.167. The van der Waals surface area contributed by atoms with Crippen LogP contribution in [0.5, 0.6) is 0 Å². The third-order valence-electron chi connectivity index (χ3n) is 2.45. The summed E-state index contributed by atoms with van der Waals surface area (Å²) in [5.74, 6) is 0. The van der Waals surface area contributed by atoms with Gasteiger partial charge in [0.05, 0.1) is 0 Å². The summed E-state index contributed by atoms with van der Waals surface area (Å²) in [6.07, 6.45) is 0. The normalized spacial score (nSPS) is 13.2. The van der Waals surface area contributed by atoms with Crippen LogP contribution < -0.4 is 10.5 Å². The minimum absolute atomic E-state index is 0.0621. The van der Waals surface area contributed by atoms with E-state index >= 15 is 0 Å². The molecule has 0 fully saturated rings. The van der Waals surface area contributed by atoms with Crippen LogP contribution in [0.1, 0.15) is 18.5 Å². The largest absolute Gasteiger partial charge is 0.324 e. The molecule has 0 spiro atoms. The maximum Gasteiger partial charge on any atom is 0.271 e. The maximum absolute atomic E-state index is 12.0. The second-order valence-corrected chi connectivity index (χ2v) is 6.81. The van der Waals surface area contributed by atoms with E-state index in [2.05, 4.69) is 4.72 Å². The Labute approximate surface area is 111 Å². The molecule has 1 unspecified atom stereocenters. The first-order valence-corrected chi connectivity index (χ1v) is 7.77. The molecule has 4 nitrogen and oxygen atoms in total. The highest BCUT2D eigenvalue weighted by atomic mass is 32.2. The van der Waals surface area contributed by atoms with Crippen molar-refractivity contribution in [1.29, 1.82) is 0 Å². The van der Waals surface area contributed by atoms with Gasteiger partial charge in [0.2, 0.25) is 0 Å². The molecular weight excluding hydrogens is 268 g/mol. The lowest BCUT2D eigenvalue weighted by atomic mass is 10.1. The second kappa shape index (κ2) is 5.09.